The summed E-state index contributed by atoms with van der Waals surface area (Å²) in [5.41, 5.74) is 0.932. The molecule has 1 N–H and O–H groups in total. The molecular formula is C11H14N4O2S. The Morgan fingerprint density at radius 2 is 2.28 bits per heavy atom. The van der Waals surface area contributed by atoms with E-state index in [0.29, 0.717) is 22.1 Å². The van der Waals surface area contributed by atoms with Crippen LogP contribution < -0.4 is 5.56 Å². The highest BCUT2D eigenvalue weighted by atomic mass is 32.2. The number of aryl methyl sites for hydroxylation is 2. The molecule has 2 aromatic heterocycles. The minimum absolute atomic E-state index is 0.0361. The summed E-state index contributed by atoms with van der Waals surface area (Å²) < 4.78 is 3.39. The molecule has 18 heavy (non-hydrogen) atoms. The van der Waals surface area contributed by atoms with Crippen LogP contribution in [0.4, 0.5) is 0 Å². The molecule has 0 aromatic carbocycles. The second kappa shape index (κ2) is 4.10. The lowest BCUT2D eigenvalue weighted by Crippen LogP contribution is -2.27. The van der Waals surface area contributed by atoms with Crippen LogP contribution in [0, 0.1) is 0 Å². The average molecular weight is 266 g/mol. The molecule has 7 heteroatoms. The zero-order valence-electron chi connectivity index (χ0n) is 10.3. The van der Waals surface area contributed by atoms with Crippen molar-refractivity contribution in [3.8, 4) is 0 Å². The molecule has 1 atom stereocenters. The SMILES string of the molecule is CCc1nc2nc3n(c(=O)c2n1C)C(CO)CS3. The van der Waals surface area contributed by atoms with Gasteiger partial charge in [-0.15, -0.1) is 0 Å². The molecule has 1 aliphatic heterocycles. The number of hydrogen-bond donors (Lipinski definition) is 1. The Bertz CT molecular complexity index is 676. The van der Waals surface area contributed by atoms with Gasteiger partial charge in [-0.25, -0.2) is 9.97 Å². The second-order valence-corrected chi connectivity index (χ2v) is 5.32. The van der Waals surface area contributed by atoms with Crippen molar-refractivity contribution in [2.75, 3.05) is 12.4 Å². The molecular weight excluding hydrogens is 252 g/mol. The van der Waals surface area contributed by atoms with E-state index in [0.717, 1.165) is 12.2 Å². The molecule has 1 aliphatic rings. The van der Waals surface area contributed by atoms with Crippen molar-refractivity contribution in [2.24, 2.45) is 7.05 Å². The molecule has 6 nitrogen and oxygen atoms in total. The Labute approximate surface area is 108 Å². The molecule has 0 aliphatic carbocycles. The summed E-state index contributed by atoms with van der Waals surface area (Å²) in [5.74, 6) is 1.54. The third kappa shape index (κ3) is 1.44. The van der Waals surface area contributed by atoms with Gasteiger partial charge in [0.05, 0.1) is 12.6 Å². The molecule has 0 fully saturated rings. The van der Waals surface area contributed by atoms with Gasteiger partial charge in [-0.3, -0.25) is 9.36 Å². The Hall–Kier alpha value is -1.34. The first-order valence-electron chi connectivity index (χ1n) is 5.88. The van der Waals surface area contributed by atoms with Crippen molar-refractivity contribution in [1.82, 2.24) is 19.1 Å². The van der Waals surface area contributed by atoms with Gasteiger partial charge in [-0.05, 0) is 0 Å². The number of thioether (sulfide) groups is 1. The van der Waals surface area contributed by atoms with E-state index in [1.807, 2.05) is 14.0 Å². The molecule has 96 valence electrons. The maximum atomic E-state index is 12.5. The monoisotopic (exact) mass is 266 g/mol. The standard InChI is InChI=1S/C11H14N4O2S/c1-3-7-12-9-8(14(7)2)10(17)15-6(4-16)5-18-11(15)13-9/h6,16H,3-5H2,1-2H3. The van der Waals surface area contributed by atoms with Crippen LogP contribution >= 0.6 is 11.8 Å². The number of nitrogens with zero attached hydrogens (tertiary/aromatic N) is 4. The van der Waals surface area contributed by atoms with Crippen molar-refractivity contribution >= 4 is 22.9 Å². The maximum absolute atomic E-state index is 12.5. The summed E-state index contributed by atoms with van der Waals surface area (Å²) in [7, 11) is 1.83. The van der Waals surface area contributed by atoms with Gasteiger partial charge in [-0.2, -0.15) is 0 Å². The highest BCUT2D eigenvalue weighted by molar-refractivity contribution is 7.99. The lowest BCUT2D eigenvalue weighted by Gasteiger charge is -2.09. The molecule has 0 radical (unpaired) electrons. The molecule has 0 saturated carbocycles. The molecule has 2 aromatic rings. The fraction of sp³-hybridized carbons (Fsp3) is 0.545. The highest BCUT2D eigenvalue weighted by Crippen LogP contribution is 2.30. The van der Waals surface area contributed by atoms with Gasteiger partial charge in [0.2, 0.25) is 0 Å². The fourth-order valence-electron chi connectivity index (χ4n) is 2.31. The van der Waals surface area contributed by atoms with Gasteiger partial charge < -0.3 is 9.67 Å². The highest BCUT2D eigenvalue weighted by Gasteiger charge is 2.27. The fourth-order valence-corrected chi connectivity index (χ4v) is 3.43. The zero-order chi connectivity index (χ0) is 12.9. The largest absolute Gasteiger partial charge is 0.394 e. The second-order valence-electron chi connectivity index (χ2n) is 4.33. The lowest BCUT2D eigenvalue weighted by molar-refractivity contribution is 0.236. The van der Waals surface area contributed by atoms with Crippen LogP contribution in [0.15, 0.2) is 9.95 Å². The number of imidazole rings is 1. The Kier molecular flexibility index (Phi) is 2.67. The molecule has 3 rings (SSSR count). The van der Waals surface area contributed by atoms with E-state index in [4.69, 9.17) is 0 Å². The molecule has 0 spiro atoms. The van der Waals surface area contributed by atoms with Crippen LogP contribution in [-0.2, 0) is 13.5 Å². The van der Waals surface area contributed by atoms with Crippen LogP contribution in [0.1, 0.15) is 18.8 Å². The summed E-state index contributed by atoms with van der Waals surface area (Å²) in [6, 6.07) is -0.172. The Morgan fingerprint density at radius 1 is 1.50 bits per heavy atom. The summed E-state index contributed by atoms with van der Waals surface area (Å²) in [4.78, 5) is 21.3. The Balaban J connectivity index is 2.36. The minimum Gasteiger partial charge on any atom is -0.394 e. The van der Waals surface area contributed by atoms with Crippen LogP contribution in [0.25, 0.3) is 11.2 Å². The summed E-state index contributed by atoms with van der Waals surface area (Å²) in [6.45, 7) is 1.96. The molecule has 0 saturated heterocycles. The lowest BCUT2D eigenvalue weighted by atomic mass is 10.3. The van der Waals surface area contributed by atoms with Crippen molar-refractivity contribution in [2.45, 2.75) is 24.5 Å². The Morgan fingerprint density at radius 3 is 2.94 bits per heavy atom. The van der Waals surface area contributed by atoms with Gasteiger partial charge in [-0.1, -0.05) is 18.7 Å². The first kappa shape index (κ1) is 11.7. The van der Waals surface area contributed by atoms with E-state index in [9.17, 15) is 9.90 Å². The van der Waals surface area contributed by atoms with Crippen molar-refractivity contribution in [3.05, 3.63) is 16.2 Å². The van der Waals surface area contributed by atoms with E-state index < -0.39 is 0 Å². The predicted molar refractivity (Wildman–Crippen MR) is 69.0 cm³/mol. The normalized spacial score (nSPS) is 18.5. The van der Waals surface area contributed by atoms with Gasteiger partial charge in [0.1, 0.15) is 5.82 Å². The topological polar surface area (TPSA) is 72.9 Å². The minimum atomic E-state index is -0.172. The number of aromatic nitrogens is 4. The number of aliphatic hydroxyl groups is 1. The van der Waals surface area contributed by atoms with Gasteiger partial charge >= 0.3 is 0 Å². The number of hydrogen-bond acceptors (Lipinski definition) is 5. The van der Waals surface area contributed by atoms with Crippen molar-refractivity contribution in [3.63, 3.8) is 0 Å². The quantitative estimate of drug-likeness (QED) is 0.793. The molecule has 0 amide bonds. The first-order chi connectivity index (χ1) is 8.67. The van der Waals surface area contributed by atoms with E-state index in [2.05, 4.69) is 9.97 Å². The first-order valence-corrected chi connectivity index (χ1v) is 6.87. The van der Waals surface area contributed by atoms with Crippen LogP contribution in [0.2, 0.25) is 0 Å². The molecule has 1 unspecified atom stereocenters. The summed E-state index contributed by atoms with van der Waals surface area (Å²) in [6.07, 6.45) is 0.762. The molecule has 0 bridgehead atoms. The van der Waals surface area contributed by atoms with Crippen LogP contribution in [0.3, 0.4) is 0 Å². The number of fused-ring (bicyclic) bond motifs is 2. The zero-order valence-corrected chi connectivity index (χ0v) is 11.1. The molecule has 3 heterocycles. The average Bonchev–Trinajstić information content (AvgIpc) is 2.91. The smallest absolute Gasteiger partial charge is 0.280 e. The number of rotatable bonds is 2. The van der Waals surface area contributed by atoms with Crippen LogP contribution in [0.5, 0.6) is 0 Å². The third-order valence-corrected chi connectivity index (χ3v) is 4.39. The summed E-state index contributed by atoms with van der Waals surface area (Å²) >= 11 is 1.49. The number of aliphatic hydroxyl groups excluding tert-OH is 1. The summed E-state index contributed by atoms with van der Waals surface area (Å²) in [5, 5.41) is 9.97. The van der Waals surface area contributed by atoms with Gasteiger partial charge in [0.15, 0.2) is 16.3 Å². The van der Waals surface area contributed by atoms with Crippen LogP contribution in [-0.4, -0.2) is 36.6 Å². The third-order valence-electron chi connectivity index (χ3n) is 3.30. The van der Waals surface area contributed by atoms with E-state index >= 15 is 0 Å². The van der Waals surface area contributed by atoms with E-state index in [1.54, 1.807) is 9.13 Å². The maximum Gasteiger partial charge on any atom is 0.280 e. The van der Waals surface area contributed by atoms with Crippen molar-refractivity contribution in [1.29, 1.82) is 0 Å². The van der Waals surface area contributed by atoms with E-state index in [-0.39, 0.29) is 18.2 Å². The predicted octanol–water partition coefficient (Wildman–Crippen LogP) is 0.331. The van der Waals surface area contributed by atoms with E-state index in [1.165, 1.54) is 11.8 Å². The van der Waals surface area contributed by atoms with Crippen molar-refractivity contribution < 1.29 is 5.11 Å². The van der Waals surface area contributed by atoms with Gasteiger partial charge in [0.25, 0.3) is 5.56 Å². The van der Waals surface area contributed by atoms with Gasteiger partial charge in [0, 0.05) is 19.2 Å².